The third-order valence-electron chi connectivity index (χ3n) is 2.86. The van der Waals surface area contributed by atoms with E-state index in [2.05, 4.69) is 35.0 Å². The molecule has 2 rings (SSSR count). The van der Waals surface area contributed by atoms with Gasteiger partial charge in [-0.3, -0.25) is 0 Å². The standard InChI is InChI=1S/C14H18ClNS/c15-8-4-1-5-9-16-10-12-11-17-14-7-3-2-6-13(12)14/h2-3,6-7,11,16H,1,4-5,8-10H2. The Kier molecular flexibility index (Phi) is 5.30. The van der Waals surface area contributed by atoms with E-state index in [0.29, 0.717) is 0 Å². The number of alkyl halides is 1. The minimum absolute atomic E-state index is 0.787. The lowest BCUT2D eigenvalue weighted by molar-refractivity contribution is 0.620. The monoisotopic (exact) mass is 267 g/mol. The molecular weight excluding hydrogens is 250 g/mol. The Morgan fingerprint density at radius 2 is 2.00 bits per heavy atom. The third-order valence-corrected chi connectivity index (χ3v) is 4.14. The maximum Gasteiger partial charge on any atom is 0.0346 e. The van der Waals surface area contributed by atoms with Gasteiger partial charge in [-0.25, -0.2) is 0 Å². The van der Waals surface area contributed by atoms with Crippen LogP contribution in [0, 0.1) is 0 Å². The van der Waals surface area contributed by atoms with Crippen molar-refractivity contribution in [3.63, 3.8) is 0 Å². The van der Waals surface area contributed by atoms with Gasteiger partial charge in [-0.15, -0.1) is 22.9 Å². The first-order valence-electron chi connectivity index (χ1n) is 6.13. The Morgan fingerprint density at radius 1 is 1.12 bits per heavy atom. The van der Waals surface area contributed by atoms with Gasteiger partial charge in [0.2, 0.25) is 0 Å². The van der Waals surface area contributed by atoms with E-state index in [0.717, 1.165) is 25.4 Å². The summed E-state index contributed by atoms with van der Waals surface area (Å²) in [6.07, 6.45) is 3.57. The minimum atomic E-state index is 0.787. The Labute approximate surface area is 112 Å². The van der Waals surface area contributed by atoms with Crippen LogP contribution in [-0.2, 0) is 6.54 Å². The van der Waals surface area contributed by atoms with Gasteiger partial charge in [0.05, 0.1) is 0 Å². The van der Waals surface area contributed by atoms with Crippen molar-refractivity contribution in [2.45, 2.75) is 25.8 Å². The molecule has 92 valence electrons. The molecule has 17 heavy (non-hydrogen) atoms. The number of fused-ring (bicyclic) bond motifs is 1. The molecule has 2 aromatic rings. The molecule has 0 bridgehead atoms. The lowest BCUT2D eigenvalue weighted by Crippen LogP contribution is -2.14. The molecule has 1 aromatic carbocycles. The van der Waals surface area contributed by atoms with Crippen molar-refractivity contribution in [2.24, 2.45) is 0 Å². The maximum absolute atomic E-state index is 5.64. The molecule has 0 saturated carbocycles. The molecule has 0 radical (unpaired) electrons. The summed E-state index contributed by atoms with van der Waals surface area (Å²) in [5.41, 5.74) is 1.42. The van der Waals surface area contributed by atoms with E-state index >= 15 is 0 Å². The summed E-state index contributed by atoms with van der Waals surface area (Å²) in [6, 6.07) is 8.60. The number of hydrogen-bond acceptors (Lipinski definition) is 2. The van der Waals surface area contributed by atoms with Gasteiger partial charge in [0.25, 0.3) is 0 Å². The van der Waals surface area contributed by atoms with Crippen molar-refractivity contribution in [2.75, 3.05) is 12.4 Å². The highest BCUT2D eigenvalue weighted by Gasteiger charge is 2.01. The van der Waals surface area contributed by atoms with Gasteiger partial charge >= 0.3 is 0 Å². The van der Waals surface area contributed by atoms with E-state index < -0.39 is 0 Å². The van der Waals surface area contributed by atoms with Crippen molar-refractivity contribution in [1.29, 1.82) is 0 Å². The van der Waals surface area contributed by atoms with Crippen molar-refractivity contribution in [1.82, 2.24) is 5.32 Å². The molecule has 0 aliphatic carbocycles. The lowest BCUT2D eigenvalue weighted by Gasteiger charge is -2.03. The molecule has 1 nitrogen and oxygen atoms in total. The minimum Gasteiger partial charge on any atom is -0.313 e. The number of halogens is 1. The Morgan fingerprint density at radius 3 is 2.88 bits per heavy atom. The summed E-state index contributed by atoms with van der Waals surface area (Å²) in [5.74, 6) is 0.787. The van der Waals surface area contributed by atoms with E-state index in [9.17, 15) is 0 Å². The zero-order chi connectivity index (χ0) is 11.9. The molecule has 1 aromatic heterocycles. The van der Waals surface area contributed by atoms with Crippen LogP contribution < -0.4 is 5.32 Å². The van der Waals surface area contributed by atoms with Crippen molar-refractivity contribution < 1.29 is 0 Å². The number of rotatable bonds is 7. The van der Waals surface area contributed by atoms with E-state index in [1.54, 1.807) is 0 Å². The van der Waals surface area contributed by atoms with E-state index in [4.69, 9.17) is 11.6 Å². The van der Waals surface area contributed by atoms with Gasteiger partial charge < -0.3 is 5.32 Å². The largest absolute Gasteiger partial charge is 0.313 e. The zero-order valence-electron chi connectivity index (χ0n) is 9.92. The summed E-state index contributed by atoms with van der Waals surface area (Å²) in [4.78, 5) is 0. The van der Waals surface area contributed by atoms with E-state index in [1.165, 1.54) is 28.5 Å². The molecule has 0 aliphatic rings. The number of unbranched alkanes of at least 4 members (excludes halogenated alkanes) is 2. The predicted octanol–water partition coefficient (Wildman–Crippen LogP) is 4.40. The van der Waals surface area contributed by atoms with Gasteiger partial charge in [0.15, 0.2) is 0 Å². The topological polar surface area (TPSA) is 12.0 Å². The average molecular weight is 268 g/mol. The second-order valence-corrected chi connectivity index (χ2v) is 5.47. The van der Waals surface area contributed by atoms with Crippen molar-refractivity contribution in [3.8, 4) is 0 Å². The third kappa shape index (κ3) is 3.70. The first-order chi connectivity index (χ1) is 8.42. The van der Waals surface area contributed by atoms with Crippen LogP contribution in [0.5, 0.6) is 0 Å². The van der Waals surface area contributed by atoms with E-state index in [-0.39, 0.29) is 0 Å². The normalized spacial score (nSPS) is 11.1. The molecule has 1 heterocycles. The molecule has 0 amide bonds. The molecule has 0 aliphatic heterocycles. The van der Waals surface area contributed by atoms with E-state index in [1.807, 2.05) is 11.3 Å². The molecular formula is C14H18ClNS. The fraction of sp³-hybridized carbons (Fsp3) is 0.429. The average Bonchev–Trinajstić information content (AvgIpc) is 2.77. The van der Waals surface area contributed by atoms with Crippen molar-refractivity contribution >= 4 is 33.0 Å². The summed E-state index contributed by atoms with van der Waals surface area (Å²) >= 11 is 7.47. The first kappa shape index (κ1) is 12.9. The van der Waals surface area contributed by atoms with Crippen LogP contribution in [-0.4, -0.2) is 12.4 Å². The maximum atomic E-state index is 5.64. The van der Waals surface area contributed by atoms with Crippen LogP contribution in [0.15, 0.2) is 29.6 Å². The van der Waals surface area contributed by atoms with Gasteiger partial charge in [0, 0.05) is 17.1 Å². The number of benzene rings is 1. The quantitative estimate of drug-likeness (QED) is 0.579. The summed E-state index contributed by atoms with van der Waals surface area (Å²) in [7, 11) is 0. The number of hydrogen-bond donors (Lipinski definition) is 1. The first-order valence-corrected chi connectivity index (χ1v) is 7.55. The van der Waals surface area contributed by atoms with Gasteiger partial charge in [0.1, 0.15) is 0 Å². The second-order valence-electron chi connectivity index (χ2n) is 4.18. The molecule has 0 atom stereocenters. The van der Waals surface area contributed by atoms with Gasteiger partial charge in [-0.2, -0.15) is 0 Å². The summed E-state index contributed by atoms with van der Waals surface area (Å²) in [6.45, 7) is 2.06. The smallest absolute Gasteiger partial charge is 0.0346 e. The Balaban J connectivity index is 1.79. The van der Waals surface area contributed by atoms with Crippen LogP contribution in [0.4, 0.5) is 0 Å². The molecule has 0 unspecified atom stereocenters. The van der Waals surface area contributed by atoms with Gasteiger partial charge in [-0.05, 0) is 41.8 Å². The van der Waals surface area contributed by atoms with Crippen LogP contribution in [0.1, 0.15) is 24.8 Å². The van der Waals surface area contributed by atoms with Crippen LogP contribution >= 0.6 is 22.9 Å². The fourth-order valence-corrected chi connectivity index (χ4v) is 3.07. The highest BCUT2D eigenvalue weighted by atomic mass is 35.5. The SMILES string of the molecule is ClCCCCCNCc1csc2ccccc12. The fourth-order valence-electron chi connectivity index (χ4n) is 1.91. The summed E-state index contributed by atoms with van der Waals surface area (Å²) < 4.78 is 1.38. The van der Waals surface area contributed by atoms with Crippen LogP contribution in [0.3, 0.4) is 0 Å². The highest BCUT2D eigenvalue weighted by molar-refractivity contribution is 7.17. The van der Waals surface area contributed by atoms with Crippen LogP contribution in [0.25, 0.3) is 10.1 Å². The predicted molar refractivity (Wildman–Crippen MR) is 78.1 cm³/mol. The van der Waals surface area contributed by atoms with Crippen molar-refractivity contribution in [3.05, 3.63) is 35.2 Å². The summed E-state index contributed by atoms with van der Waals surface area (Å²) in [5, 5.41) is 7.16. The molecule has 3 heteroatoms. The molecule has 0 spiro atoms. The molecule has 1 N–H and O–H groups in total. The Bertz CT molecular complexity index is 452. The number of nitrogens with one attached hydrogen (secondary N) is 1. The Hall–Kier alpha value is -0.570. The highest BCUT2D eigenvalue weighted by Crippen LogP contribution is 2.25. The van der Waals surface area contributed by atoms with Crippen LogP contribution in [0.2, 0.25) is 0 Å². The number of thiophene rings is 1. The molecule has 0 saturated heterocycles. The second kappa shape index (κ2) is 7.00. The lowest BCUT2D eigenvalue weighted by atomic mass is 10.2. The zero-order valence-corrected chi connectivity index (χ0v) is 11.5. The van der Waals surface area contributed by atoms with Gasteiger partial charge in [-0.1, -0.05) is 24.6 Å². The molecule has 0 fully saturated rings.